The van der Waals surface area contributed by atoms with Gasteiger partial charge in [-0.1, -0.05) is 11.6 Å². The van der Waals surface area contributed by atoms with E-state index in [9.17, 15) is 5.11 Å². The van der Waals surface area contributed by atoms with Gasteiger partial charge in [0.25, 0.3) is 0 Å². The first-order valence-corrected chi connectivity index (χ1v) is 10.5. The highest BCUT2D eigenvalue weighted by Crippen LogP contribution is 2.35. The van der Waals surface area contributed by atoms with Crippen LogP contribution in [0.25, 0.3) is 22.2 Å². The number of benzene rings is 1. The number of fused-ring (bicyclic) bond motifs is 1. The number of imidazole rings is 1. The van der Waals surface area contributed by atoms with Crippen molar-refractivity contribution in [2.75, 3.05) is 6.54 Å². The molecule has 4 nitrogen and oxygen atoms in total. The number of halogens is 3. The van der Waals surface area contributed by atoms with E-state index in [-0.39, 0.29) is 37.0 Å². The molecule has 0 aliphatic carbocycles. The molecule has 0 amide bonds. The first-order valence-electron chi connectivity index (χ1n) is 9.24. The number of aromatic nitrogens is 2. The van der Waals surface area contributed by atoms with Crippen molar-refractivity contribution in [1.29, 1.82) is 0 Å². The molecule has 8 heteroatoms. The maximum Gasteiger partial charge on any atom is 0.0958 e. The average molecular weight is 463 g/mol. The highest BCUT2D eigenvalue weighted by atomic mass is 35.5. The topological polar surface area (TPSA) is 50.1 Å². The molecule has 2 N–H and O–H groups in total. The zero-order valence-corrected chi connectivity index (χ0v) is 18.9. The van der Waals surface area contributed by atoms with Crippen molar-refractivity contribution in [2.24, 2.45) is 0 Å². The molecule has 1 fully saturated rings. The molecule has 1 aliphatic rings. The van der Waals surface area contributed by atoms with Crippen LogP contribution in [0, 0.1) is 6.92 Å². The van der Waals surface area contributed by atoms with Gasteiger partial charge in [0.1, 0.15) is 0 Å². The van der Waals surface area contributed by atoms with Crippen molar-refractivity contribution in [3.05, 3.63) is 39.8 Å². The maximum absolute atomic E-state index is 10.1. The number of rotatable bonds is 5. The van der Waals surface area contributed by atoms with Crippen molar-refractivity contribution in [3.63, 3.8) is 0 Å². The van der Waals surface area contributed by atoms with Crippen molar-refractivity contribution in [1.82, 2.24) is 14.9 Å². The van der Waals surface area contributed by atoms with Crippen LogP contribution in [0.15, 0.2) is 29.9 Å². The summed E-state index contributed by atoms with van der Waals surface area (Å²) in [6.45, 7) is 4.04. The molecular formula is C20H26Cl3N3OS. The Bertz CT molecular complexity index is 911. The van der Waals surface area contributed by atoms with E-state index in [1.165, 1.54) is 10.4 Å². The van der Waals surface area contributed by atoms with Crippen molar-refractivity contribution in [3.8, 4) is 11.1 Å². The van der Waals surface area contributed by atoms with E-state index in [1.807, 2.05) is 18.5 Å². The Kier molecular flexibility index (Phi) is 8.61. The summed E-state index contributed by atoms with van der Waals surface area (Å²) in [6, 6.07) is 6.35. The second-order valence-corrected chi connectivity index (χ2v) is 8.62. The van der Waals surface area contributed by atoms with Gasteiger partial charge in [0.05, 0.1) is 23.5 Å². The number of hydrogen-bond donors (Lipinski definition) is 2. The lowest BCUT2D eigenvalue weighted by molar-refractivity contribution is 0.0909. The lowest BCUT2D eigenvalue weighted by Crippen LogP contribution is -2.44. The zero-order chi connectivity index (χ0) is 18.1. The minimum atomic E-state index is -0.217. The summed E-state index contributed by atoms with van der Waals surface area (Å²) >= 11 is 8.09. The predicted octanol–water partition coefficient (Wildman–Crippen LogP) is 5.46. The van der Waals surface area contributed by atoms with Crippen LogP contribution in [0.3, 0.4) is 0 Å². The monoisotopic (exact) mass is 461 g/mol. The minimum absolute atomic E-state index is 0. The van der Waals surface area contributed by atoms with Gasteiger partial charge in [-0.15, -0.1) is 36.2 Å². The Morgan fingerprint density at radius 1 is 1.32 bits per heavy atom. The van der Waals surface area contributed by atoms with Gasteiger partial charge in [-0.05, 0) is 68.3 Å². The van der Waals surface area contributed by atoms with Gasteiger partial charge in [0.15, 0.2) is 0 Å². The Morgan fingerprint density at radius 2 is 2.14 bits per heavy atom. The Hall–Kier alpha value is -0.820. The van der Waals surface area contributed by atoms with Crippen LogP contribution in [0.5, 0.6) is 0 Å². The largest absolute Gasteiger partial charge is 0.392 e. The number of aliphatic hydroxyl groups excluding tert-OH is 1. The standard InChI is InChI=1S/C20H24ClN3OS.2ClH/c1-13-15(6-9-26-13)16-10-14(21)11-18-20(16)24(12-23-18)8-3-4-17-19(25)5-2-7-22-17;;/h6,9-12,17,19,22,25H,2-5,7-8H2,1H3;2*1H/t17-,19+;;/m1../s1. The molecule has 1 aliphatic heterocycles. The maximum atomic E-state index is 10.1. The summed E-state index contributed by atoms with van der Waals surface area (Å²) in [5.74, 6) is 0. The average Bonchev–Trinajstić information content (AvgIpc) is 3.22. The fourth-order valence-corrected chi connectivity index (χ4v) is 4.85. The third-order valence-corrected chi connectivity index (χ3v) is 6.35. The summed E-state index contributed by atoms with van der Waals surface area (Å²) in [5.41, 5.74) is 4.47. The summed E-state index contributed by atoms with van der Waals surface area (Å²) in [7, 11) is 0. The van der Waals surface area contributed by atoms with Gasteiger partial charge >= 0.3 is 0 Å². The minimum Gasteiger partial charge on any atom is -0.392 e. The molecule has 28 heavy (non-hydrogen) atoms. The Labute approximate surface area is 187 Å². The molecule has 0 unspecified atom stereocenters. The molecule has 4 rings (SSSR count). The molecule has 0 saturated carbocycles. The van der Waals surface area contributed by atoms with Crippen LogP contribution in [0.1, 0.15) is 30.6 Å². The number of aryl methyl sites for hydroxylation is 2. The van der Waals surface area contributed by atoms with E-state index in [1.54, 1.807) is 11.3 Å². The molecule has 0 spiro atoms. The van der Waals surface area contributed by atoms with E-state index < -0.39 is 0 Å². The third-order valence-electron chi connectivity index (χ3n) is 5.29. The van der Waals surface area contributed by atoms with E-state index >= 15 is 0 Å². The first-order chi connectivity index (χ1) is 12.6. The second-order valence-electron chi connectivity index (χ2n) is 7.06. The molecule has 0 bridgehead atoms. The zero-order valence-electron chi connectivity index (χ0n) is 15.7. The van der Waals surface area contributed by atoms with Crippen molar-refractivity contribution >= 4 is 58.8 Å². The number of piperidine rings is 1. The molecule has 2 aromatic heterocycles. The van der Waals surface area contributed by atoms with E-state index in [4.69, 9.17) is 11.6 Å². The normalized spacial score (nSPS) is 19.2. The highest BCUT2D eigenvalue weighted by Gasteiger charge is 2.22. The SMILES string of the molecule is Cc1sccc1-c1cc(Cl)cc2ncn(CCC[C@H]3NCCC[C@@H]3O)c12.Cl.Cl. The second kappa shape index (κ2) is 10.3. The van der Waals surface area contributed by atoms with Crippen molar-refractivity contribution < 1.29 is 5.11 Å². The number of hydrogen-bond acceptors (Lipinski definition) is 4. The number of aliphatic hydroxyl groups is 1. The third kappa shape index (κ3) is 4.84. The molecule has 3 heterocycles. The molecule has 2 atom stereocenters. The quantitative estimate of drug-likeness (QED) is 0.529. The smallest absolute Gasteiger partial charge is 0.0958 e. The van der Waals surface area contributed by atoms with Gasteiger partial charge in [-0.2, -0.15) is 0 Å². The van der Waals surface area contributed by atoms with E-state index in [0.29, 0.717) is 0 Å². The first kappa shape index (κ1) is 23.5. The summed E-state index contributed by atoms with van der Waals surface area (Å²) in [5, 5.41) is 16.4. The van der Waals surface area contributed by atoms with E-state index in [0.717, 1.165) is 60.4 Å². The number of nitrogens with one attached hydrogen (secondary N) is 1. The predicted molar refractivity (Wildman–Crippen MR) is 124 cm³/mol. The fraction of sp³-hybridized carbons (Fsp3) is 0.450. The number of nitrogens with zero attached hydrogens (tertiary/aromatic N) is 2. The van der Waals surface area contributed by atoms with Crippen LogP contribution in [0.4, 0.5) is 0 Å². The molecule has 0 radical (unpaired) electrons. The van der Waals surface area contributed by atoms with E-state index in [2.05, 4.69) is 33.2 Å². The van der Waals surface area contributed by atoms with Crippen LogP contribution in [-0.4, -0.2) is 33.3 Å². The summed E-state index contributed by atoms with van der Waals surface area (Å²) in [4.78, 5) is 5.86. The van der Waals surface area contributed by atoms with Gasteiger partial charge in [-0.3, -0.25) is 0 Å². The van der Waals surface area contributed by atoms with Gasteiger partial charge in [0.2, 0.25) is 0 Å². The molecule has 1 saturated heterocycles. The molecular weight excluding hydrogens is 437 g/mol. The van der Waals surface area contributed by atoms with Crippen molar-refractivity contribution in [2.45, 2.75) is 51.3 Å². The van der Waals surface area contributed by atoms with Crippen LogP contribution in [-0.2, 0) is 6.54 Å². The summed E-state index contributed by atoms with van der Waals surface area (Å²) < 4.78 is 2.23. The highest BCUT2D eigenvalue weighted by molar-refractivity contribution is 7.10. The Morgan fingerprint density at radius 3 is 2.86 bits per heavy atom. The van der Waals surface area contributed by atoms with Gasteiger partial charge in [-0.25, -0.2) is 4.98 Å². The fourth-order valence-electron chi connectivity index (χ4n) is 3.93. The summed E-state index contributed by atoms with van der Waals surface area (Å²) in [6.07, 6.45) is 5.65. The Balaban J connectivity index is 0.00000140. The van der Waals surface area contributed by atoms with Gasteiger partial charge < -0.3 is 15.0 Å². The molecule has 1 aromatic carbocycles. The van der Waals surface area contributed by atoms with Crippen LogP contribution in [0.2, 0.25) is 5.02 Å². The lowest BCUT2D eigenvalue weighted by Gasteiger charge is -2.29. The van der Waals surface area contributed by atoms with Crippen LogP contribution < -0.4 is 5.32 Å². The molecule has 3 aromatic rings. The molecule has 154 valence electrons. The number of thiophene rings is 1. The van der Waals surface area contributed by atoms with Gasteiger partial charge in [0, 0.05) is 28.0 Å². The lowest BCUT2D eigenvalue weighted by atomic mass is 9.97. The van der Waals surface area contributed by atoms with Crippen LogP contribution >= 0.6 is 47.8 Å².